The van der Waals surface area contributed by atoms with Crippen LogP contribution in [0.5, 0.6) is 0 Å². The summed E-state index contributed by atoms with van der Waals surface area (Å²) in [6, 6.07) is 7.23. The molecule has 1 unspecified atom stereocenters. The first-order chi connectivity index (χ1) is 8.74. The van der Waals surface area contributed by atoms with Crippen LogP contribution in [0.2, 0.25) is 5.02 Å². The Morgan fingerprint density at radius 2 is 2.00 bits per heavy atom. The number of fused-ring (bicyclic) bond motifs is 1. The molecule has 2 aliphatic rings. The Bertz CT molecular complexity index is 433. The van der Waals surface area contributed by atoms with Crippen molar-refractivity contribution in [1.29, 1.82) is 0 Å². The molecule has 0 amide bonds. The number of hydrogen-bond acceptors (Lipinski definition) is 2. The lowest BCUT2D eigenvalue weighted by atomic mass is 10.1. The summed E-state index contributed by atoms with van der Waals surface area (Å²) in [6.07, 6.45) is 3.99. The molecule has 2 aliphatic heterocycles. The minimum atomic E-state index is 0.757. The highest BCUT2D eigenvalue weighted by Crippen LogP contribution is 2.27. The Labute approximate surface area is 115 Å². The van der Waals surface area contributed by atoms with E-state index < -0.39 is 0 Å². The molecule has 0 aromatic heterocycles. The zero-order chi connectivity index (χ0) is 12.5. The molecule has 1 atom stereocenters. The van der Waals surface area contributed by atoms with Crippen LogP contribution in [0.4, 0.5) is 5.69 Å². The monoisotopic (exact) mass is 264 g/mol. The molecule has 0 bridgehead atoms. The molecule has 2 fully saturated rings. The summed E-state index contributed by atoms with van der Waals surface area (Å²) in [5, 5.41) is 0.889. The van der Waals surface area contributed by atoms with E-state index in [9.17, 15) is 0 Å². The van der Waals surface area contributed by atoms with Crippen molar-refractivity contribution in [1.82, 2.24) is 4.90 Å². The number of benzene rings is 1. The lowest BCUT2D eigenvalue weighted by Gasteiger charge is -2.27. The molecule has 0 saturated carbocycles. The summed E-state index contributed by atoms with van der Waals surface area (Å²) < 4.78 is 0. The lowest BCUT2D eigenvalue weighted by molar-refractivity contribution is 0.273. The molecule has 2 saturated heterocycles. The Morgan fingerprint density at radius 1 is 1.17 bits per heavy atom. The van der Waals surface area contributed by atoms with E-state index >= 15 is 0 Å². The van der Waals surface area contributed by atoms with Crippen molar-refractivity contribution in [2.75, 3.05) is 31.1 Å². The summed E-state index contributed by atoms with van der Waals surface area (Å²) >= 11 is 6.25. The van der Waals surface area contributed by atoms with Crippen molar-refractivity contribution in [2.24, 2.45) is 0 Å². The van der Waals surface area contributed by atoms with Gasteiger partial charge >= 0.3 is 0 Å². The number of hydrogen-bond donors (Lipinski definition) is 0. The predicted molar refractivity (Wildman–Crippen MR) is 77.6 cm³/mol. The number of aryl methyl sites for hydroxylation is 1. The molecule has 0 N–H and O–H groups in total. The molecule has 0 spiro atoms. The van der Waals surface area contributed by atoms with Gasteiger partial charge in [-0.2, -0.15) is 0 Å². The molecular weight excluding hydrogens is 244 g/mol. The van der Waals surface area contributed by atoms with Crippen LogP contribution in [0.15, 0.2) is 18.2 Å². The van der Waals surface area contributed by atoms with Crippen molar-refractivity contribution in [3.05, 3.63) is 28.8 Å². The number of halogens is 1. The molecule has 1 aromatic rings. The van der Waals surface area contributed by atoms with Gasteiger partial charge in [-0.05, 0) is 50.4 Å². The fourth-order valence-electron chi connectivity index (χ4n) is 3.22. The largest absolute Gasteiger partial charge is 0.370 e. The molecule has 18 heavy (non-hydrogen) atoms. The second kappa shape index (κ2) is 5.10. The molecule has 0 aliphatic carbocycles. The highest BCUT2D eigenvalue weighted by molar-refractivity contribution is 6.31. The van der Waals surface area contributed by atoms with Gasteiger partial charge < -0.3 is 4.90 Å². The van der Waals surface area contributed by atoms with E-state index in [2.05, 4.69) is 34.9 Å². The summed E-state index contributed by atoms with van der Waals surface area (Å²) in [7, 11) is 0. The standard InChI is InChI=1S/C15H21ClN2/c1-12-5-6-13(10-15(12)16)18-9-3-8-17-7-2-4-14(17)11-18/h5-6,10,14H,2-4,7-9,11H2,1H3. The van der Waals surface area contributed by atoms with E-state index in [0.717, 1.165) is 23.2 Å². The van der Waals surface area contributed by atoms with Gasteiger partial charge in [-0.25, -0.2) is 0 Å². The first-order valence-electron chi connectivity index (χ1n) is 6.99. The van der Waals surface area contributed by atoms with Gasteiger partial charge in [0.15, 0.2) is 0 Å². The van der Waals surface area contributed by atoms with Crippen molar-refractivity contribution >= 4 is 17.3 Å². The van der Waals surface area contributed by atoms with Crippen molar-refractivity contribution in [3.8, 4) is 0 Å². The van der Waals surface area contributed by atoms with Gasteiger partial charge in [0, 0.05) is 36.4 Å². The van der Waals surface area contributed by atoms with E-state index in [1.54, 1.807) is 0 Å². The van der Waals surface area contributed by atoms with Crippen LogP contribution < -0.4 is 4.90 Å². The summed E-state index contributed by atoms with van der Waals surface area (Å²) in [6.45, 7) is 6.95. The fourth-order valence-corrected chi connectivity index (χ4v) is 3.39. The molecule has 98 valence electrons. The van der Waals surface area contributed by atoms with Gasteiger partial charge in [0.05, 0.1) is 0 Å². The van der Waals surface area contributed by atoms with Gasteiger partial charge in [0.2, 0.25) is 0 Å². The van der Waals surface area contributed by atoms with Gasteiger partial charge in [-0.1, -0.05) is 17.7 Å². The van der Waals surface area contributed by atoms with Crippen LogP contribution in [-0.4, -0.2) is 37.1 Å². The third kappa shape index (κ3) is 2.36. The maximum atomic E-state index is 6.25. The first kappa shape index (κ1) is 12.3. The van der Waals surface area contributed by atoms with E-state index in [-0.39, 0.29) is 0 Å². The minimum Gasteiger partial charge on any atom is -0.370 e. The van der Waals surface area contributed by atoms with Gasteiger partial charge in [-0.3, -0.25) is 4.90 Å². The predicted octanol–water partition coefficient (Wildman–Crippen LogP) is 3.32. The fraction of sp³-hybridized carbons (Fsp3) is 0.600. The Morgan fingerprint density at radius 3 is 2.83 bits per heavy atom. The molecule has 3 rings (SSSR count). The molecule has 3 heteroatoms. The third-order valence-corrected chi connectivity index (χ3v) is 4.73. The molecule has 1 aromatic carbocycles. The highest BCUT2D eigenvalue weighted by Gasteiger charge is 2.28. The van der Waals surface area contributed by atoms with Crippen LogP contribution in [0.3, 0.4) is 0 Å². The summed E-state index contributed by atoms with van der Waals surface area (Å²) in [4.78, 5) is 5.18. The Balaban J connectivity index is 1.80. The van der Waals surface area contributed by atoms with E-state index in [4.69, 9.17) is 11.6 Å². The quantitative estimate of drug-likeness (QED) is 0.768. The Kier molecular flexibility index (Phi) is 3.49. The third-order valence-electron chi connectivity index (χ3n) is 4.32. The van der Waals surface area contributed by atoms with Crippen LogP contribution >= 0.6 is 11.6 Å². The molecule has 0 radical (unpaired) electrons. The van der Waals surface area contributed by atoms with E-state index in [0.29, 0.717) is 0 Å². The maximum Gasteiger partial charge on any atom is 0.0455 e. The first-order valence-corrected chi connectivity index (χ1v) is 7.37. The number of rotatable bonds is 1. The van der Waals surface area contributed by atoms with Gasteiger partial charge in [-0.15, -0.1) is 0 Å². The molecular formula is C15H21ClN2. The van der Waals surface area contributed by atoms with Crippen molar-refractivity contribution in [3.63, 3.8) is 0 Å². The average Bonchev–Trinajstić information content (AvgIpc) is 2.70. The van der Waals surface area contributed by atoms with Crippen LogP contribution in [0.1, 0.15) is 24.8 Å². The highest BCUT2D eigenvalue weighted by atomic mass is 35.5. The number of nitrogens with zero attached hydrogens (tertiary/aromatic N) is 2. The second-order valence-corrected chi connectivity index (χ2v) is 5.97. The van der Waals surface area contributed by atoms with E-state index in [1.807, 2.05) is 0 Å². The molecule has 2 nitrogen and oxygen atoms in total. The SMILES string of the molecule is Cc1ccc(N2CCCN3CCCC3C2)cc1Cl. The zero-order valence-corrected chi connectivity index (χ0v) is 11.8. The van der Waals surface area contributed by atoms with Crippen LogP contribution in [-0.2, 0) is 0 Å². The van der Waals surface area contributed by atoms with Gasteiger partial charge in [0.1, 0.15) is 0 Å². The molecule has 2 heterocycles. The lowest BCUT2D eigenvalue weighted by Crippen LogP contribution is -2.36. The van der Waals surface area contributed by atoms with Crippen molar-refractivity contribution < 1.29 is 0 Å². The van der Waals surface area contributed by atoms with E-state index in [1.165, 1.54) is 44.6 Å². The maximum absolute atomic E-state index is 6.25. The number of anilines is 1. The van der Waals surface area contributed by atoms with Crippen LogP contribution in [0.25, 0.3) is 0 Å². The minimum absolute atomic E-state index is 0.757. The zero-order valence-electron chi connectivity index (χ0n) is 11.0. The Hall–Kier alpha value is -0.730. The summed E-state index contributed by atoms with van der Waals surface area (Å²) in [5.41, 5.74) is 2.46. The average molecular weight is 265 g/mol. The van der Waals surface area contributed by atoms with Gasteiger partial charge in [0.25, 0.3) is 0 Å². The normalized spacial score (nSPS) is 25.0. The second-order valence-electron chi connectivity index (χ2n) is 5.57. The van der Waals surface area contributed by atoms with Crippen LogP contribution in [0, 0.1) is 6.92 Å². The van der Waals surface area contributed by atoms with Crippen molar-refractivity contribution in [2.45, 2.75) is 32.2 Å². The summed E-state index contributed by atoms with van der Waals surface area (Å²) in [5.74, 6) is 0. The topological polar surface area (TPSA) is 6.48 Å². The smallest absolute Gasteiger partial charge is 0.0455 e.